The lowest BCUT2D eigenvalue weighted by atomic mass is 9.99. The second kappa shape index (κ2) is 7.83. The maximum Gasteiger partial charge on any atom is 0.315 e. The molecule has 2 atom stereocenters. The van der Waals surface area contributed by atoms with E-state index < -0.39 is 0 Å². The summed E-state index contributed by atoms with van der Waals surface area (Å²) >= 11 is 0. The number of carbonyl (C=O) groups excluding carboxylic acids is 1. The Hall–Kier alpha value is -1.82. The average molecular weight is 332 g/mol. The van der Waals surface area contributed by atoms with Gasteiger partial charge in [-0.3, -0.25) is 4.90 Å². The van der Waals surface area contributed by atoms with Crippen LogP contribution < -0.4 is 15.4 Å². The Labute approximate surface area is 144 Å². The minimum absolute atomic E-state index is 0.0586. The van der Waals surface area contributed by atoms with E-state index in [0.717, 1.165) is 18.5 Å². The molecule has 0 saturated carbocycles. The van der Waals surface area contributed by atoms with E-state index in [1.807, 2.05) is 26.0 Å². The van der Waals surface area contributed by atoms with Crippen LogP contribution in [0.25, 0.3) is 0 Å². The number of ether oxygens (including phenoxy) is 1. The highest BCUT2D eigenvalue weighted by molar-refractivity contribution is 5.74. The minimum atomic E-state index is -0.105. The van der Waals surface area contributed by atoms with Gasteiger partial charge in [0.15, 0.2) is 0 Å². The molecule has 0 radical (unpaired) electrons. The Balaban J connectivity index is 1.51. The summed E-state index contributed by atoms with van der Waals surface area (Å²) in [7, 11) is 0. The van der Waals surface area contributed by atoms with Gasteiger partial charge in [0.2, 0.25) is 5.88 Å². The summed E-state index contributed by atoms with van der Waals surface area (Å²) in [5, 5.41) is 6.10. The van der Waals surface area contributed by atoms with Crippen LogP contribution in [-0.4, -0.2) is 47.2 Å². The van der Waals surface area contributed by atoms with Gasteiger partial charge in [-0.2, -0.15) is 0 Å². The summed E-state index contributed by atoms with van der Waals surface area (Å²) in [5.74, 6) is 0.590. The van der Waals surface area contributed by atoms with Crippen LogP contribution in [-0.2, 0) is 6.54 Å². The quantitative estimate of drug-likeness (QED) is 0.868. The lowest BCUT2D eigenvalue weighted by Crippen LogP contribution is -2.49. The third-order valence-electron chi connectivity index (χ3n) is 4.81. The van der Waals surface area contributed by atoms with Crippen molar-refractivity contribution >= 4 is 6.03 Å². The fourth-order valence-corrected chi connectivity index (χ4v) is 3.70. The second-order valence-corrected chi connectivity index (χ2v) is 6.96. The molecule has 2 unspecified atom stereocenters. The number of piperidine rings is 1. The first-order valence-electron chi connectivity index (χ1n) is 9.02. The van der Waals surface area contributed by atoms with Crippen molar-refractivity contribution < 1.29 is 9.53 Å². The molecule has 6 nitrogen and oxygen atoms in total. The number of nitrogens with one attached hydrogen (secondary N) is 2. The van der Waals surface area contributed by atoms with E-state index >= 15 is 0 Å². The van der Waals surface area contributed by atoms with Crippen molar-refractivity contribution in [2.45, 2.75) is 64.3 Å². The average Bonchev–Trinajstić information content (AvgIpc) is 2.97. The van der Waals surface area contributed by atoms with E-state index in [2.05, 4.69) is 20.5 Å². The normalized spacial score (nSPS) is 23.8. The molecular weight excluding hydrogens is 304 g/mol. The summed E-state index contributed by atoms with van der Waals surface area (Å²) < 4.78 is 5.69. The predicted molar refractivity (Wildman–Crippen MR) is 93.0 cm³/mol. The smallest absolute Gasteiger partial charge is 0.315 e. The van der Waals surface area contributed by atoms with Crippen LogP contribution >= 0.6 is 0 Å². The van der Waals surface area contributed by atoms with Crippen molar-refractivity contribution in [3.63, 3.8) is 0 Å². The number of hydrogen-bond donors (Lipinski definition) is 2. The molecule has 1 aromatic heterocycles. The van der Waals surface area contributed by atoms with Crippen molar-refractivity contribution in [2.24, 2.45) is 0 Å². The summed E-state index contributed by atoms with van der Waals surface area (Å²) in [6, 6.07) is 4.47. The first-order valence-corrected chi connectivity index (χ1v) is 9.02. The van der Waals surface area contributed by atoms with Crippen LogP contribution in [0.3, 0.4) is 0 Å². The van der Waals surface area contributed by atoms with Crippen molar-refractivity contribution in [3.05, 3.63) is 23.9 Å². The van der Waals surface area contributed by atoms with E-state index in [4.69, 9.17) is 4.74 Å². The van der Waals surface area contributed by atoms with Gasteiger partial charge in [-0.25, -0.2) is 9.78 Å². The van der Waals surface area contributed by atoms with Gasteiger partial charge in [-0.05, 0) is 45.7 Å². The van der Waals surface area contributed by atoms with Crippen molar-refractivity contribution in [1.82, 2.24) is 20.5 Å². The van der Waals surface area contributed by atoms with Gasteiger partial charge in [0.25, 0.3) is 0 Å². The SMILES string of the molecule is CC(C)Oc1ncccc1CNC(=O)NC1CCN2CCCCC12. The Morgan fingerprint density at radius 1 is 1.38 bits per heavy atom. The highest BCUT2D eigenvalue weighted by atomic mass is 16.5. The molecule has 3 heterocycles. The number of carbonyl (C=O) groups is 1. The Morgan fingerprint density at radius 3 is 3.08 bits per heavy atom. The lowest BCUT2D eigenvalue weighted by molar-refractivity contribution is 0.179. The molecule has 6 heteroatoms. The second-order valence-electron chi connectivity index (χ2n) is 6.96. The van der Waals surface area contributed by atoms with Crippen LogP contribution in [0.4, 0.5) is 4.79 Å². The zero-order valence-electron chi connectivity index (χ0n) is 14.6. The molecule has 2 fully saturated rings. The molecule has 2 aliphatic rings. The molecule has 0 aromatic carbocycles. The number of hydrogen-bond acceptors (Lipinski definition) is 4. The van der Waals surface area contributed by atoms with E-state index in [0.29, 0.717) is 18.5 Å². The third-order valence-corrected chi connectivity index (χ3v) is 4.81. The summed E-state index contributed by atoms with van der Waals surface area (Å²) in [4.78, 5) is 19.0. The molecular formula is C18H28N4O2. The fourth-order valence-electron chi connectivity index (χ4n) is 3.70. The topological polar surface area (TPSA) is 66.5 Å². The predicted octanol–water partition coefficient (Wildman–Crippen LogP) is 2.29. The molecule has 2 aliphatic heterocycles. The molecule has 2 N–H and O–H groups in total. The Morgan fingerprint density at radius 2 is 2.25 bits per heavy atom. The van der Waals surface area contributed by atoms with Gasteiger partial charge < -0.3 is 15.4 Å². The minimum Gasteiger partial charge on any atom is -0.475 e. The van der Waals surface area contributed by atoms with Gasteiger partial charge >= 0.3 is 6.03 Å². The Kier molecular flexibility index (Phi) is 5.56. The number of rotatable bonds is 5. The van der Waals surface area contributed by atoms with Crippen LogP contribution in [0, 0.1) is 0 Å². The zero-order valence-corrected chi connectivity index (χ0v) is 14.6. The summed E-state index contributed by atoms with van der Waals surface area (Å²) in [6.07, 6.45) is 6.56. The first-order chi connectivity index (χ1) is 11.6. The Bertz CT molecular complexity index is 564. The molecule has 3 rings (SSSR count). The fraction of sp³-hybridized carbons (Fsp3) is 0.667. The monoisotopic (exact) mass is 332 g/mol. The lowest BCUT2D eigenvalue weighted by Gasteiger charge is -2.32. The summed E-state index contributed by atoms with van der Waals surface area (Å²) in [6.45, 7) is 6.63. The molecule has 132 valence electrons. The van der Waals surface area contributed by atoms with Crippen LogP contribution in [0.5, 0.6) is 5.88 Å². The van der Waals surface area contributed by atoms with Gasteiger partial charge in [0.05, 0.1) is 6.10 Å². The maximum absolute atomic E-state index is 12.3. The third kappa shape index (κ3) is 4.17. The maximum atomic E-state index is 12.3. The van der Waals surface area contributed by atoms with Crippen LogP contribution in [0.1, 0.15) is 45.1 Å². The van der Waals surface area contributed by atoms with E-state index in [-0.39, 0.29) is 18.2 Å². The molecule has 1 aromatic rings. The van der Waals surface area contributed by atoms with Crippen molar-refractivity contribution in [2.75, 3.05) is 13.1 Å². The van der Waals surface area contributed by atoms with Gasteiger partial charge in [0.1, 0.15) is 0 Å². The van der Waals surface area contributed by atoms with Crippen molar-refractivity contribution in [1.29, 1.82) is 0 Å². The van der Waals surface area contributed by atoms with Gasteiger partial charge in [-0.15, -0.1) is 0 Å². The van der Waals surface area contributed by atoms with Gasteiger partial charge in [-0.1, -0.05) is 12.5 Å². The number of pyridine rings is 1. The number of urea groups is 1. The van der Waals surface area contributed by atoms with E-state index in [1.54, 1.807) is 6.20 Å². The van der Waals surface area contributed by atoms with E-state index in [1.165, 1.54) is 25.8 Å². The number of fused-ring (bicyclic) bond motifs is 1. The highest BCUT2D eigenvalue weighted by Gasteiger charge is 2.36. The van der Waals surface area contributed by atoms with Gasteiger partial charge in [0, 0.05) is 36.9 Å². The standard InChI is InChI=1S/C18H28N4O2/c1-13(2)24-17-14(6-5-9-19-17)12-20-18(23)21-15-8-11-22-10-4-3-7-16(15)22/h5-6,9,13,15-16H,3-4,7-8,10-12H2,1-2H3,(H2,20,21,23). The number of aromatic nitrogens is 1. The van der Waals surface area contributed by atoms with E-state index in [9.17, 15) is 4.79 Å². The number of amides is 2. The zero-order chi connectivity index (χ0) is 16.9. The molecule has 0 spiro atoms. The molecule has 2 saturated heterocycles. The molecule has 0 bridgehead atoms. The summed E-state index contributed by atoms with van der Waals surface area (Å²) in [5.41, 5.74) is 0.895. The van der Waals surface area contributed by atoms with Crippen molar-refractivity contribution in [3.8, 4) is 5.88 Å². The largest absolute Gasteiger partial charge is 0.475 e. The molecule has 2 amide bonds. The van der Waals surface area contributed by atoms with Crippen LogP contribution in [0.2, 0.25) is 0 Å². The number of nitrogens with zero attached hydrogens (tertiary/aromatic N) is 2. The molecule has 0 aliphatic carbocycles. The first kappa shape index (κ1) is 17.0. The highest BCUT2D eigenvalue weighted by Crippen LogP contribution is 2.27. The van der Waals surface area contributed by atoms with Crippen LogP contribution in [0.15, 0.2) is 18.3 Å². The molecule has 24 heavy (non-hydrogen) atoms.